The number of piperidine rings is 1. The number of likely N-dealkylation sites (tertiary alicyclic amines) is 1. The quantitative estimate of drug-likeness (QED) is 0.805. The molecule has 0 radical (unpaired) electrons. The van der Waals surface area contributed by atoms with Gasteiger partial charge in [0, 0.05) is 25.0 Å². The second-order valence-corrected chi connectivity index (χ2v) is 7.57. The average Bonchev–Trinajstić information content (AvgIpc) is 2.67. The number of aryl methyl sites for hydroxylation is 1. The van der Waals surface area contributed by atoms with Crippen LogP contribution in [0.5, 0.6) is 0 Å². The van der Waals surface area contributed by atoms with E-state index < -0.39 is 0 Å². The highest BCUT2D eigenvalue weighted by Crippen LogP contribution is 2.44. The van der Waals surface area contributed by atoms with E-state index in [1.54, 1.807) is 6.20 Å². The highest BCUT2D eigenvalue weighted by Gasteiger charge is 2.41. The van der Waals surface area contributed by atoms with Crippen LogP contribution in [0.3, 0.4) is 0 Å². The molecule has 3 nitrogen and oxygen atoms in total. The molecular weight excluding hydrogens is 308 g/mol. The number of hydrogen-bond acceptors (Lipinski definition) is 2. The van der Waals surface area contributed by atoms with Gasteiger partial charge >= 0.3 is 0 Å². The van der Waals surface area contributed by atoms with Gasteiger partial charge < -0.3 is 4.90 Å². The van der Waals surface area contributed by atoms with Crippen molar-refractivity contribution < 1.29 is 4.79 Å². The van der Waals surface area contributed by atoms with Crippen LogP contribution in [0, 0.1) is 12.8 Å². The fourth-order valence-corrected chi connectivity index (χ4v) is 4.86. The van der Waals surface area contributed by atoms with Crippen molar-refractivity contribution in [2.45, 2.75) is 51.0 Å². The molecule has 2 fully saturated rings. The van der Waals surface area contributed by atoms with Gasteiger partial charge in [0.05, 0.1) is 5.56 Å². The van der Waals surface area contributed by atoms with Gasteiger partial charge in [-0.05, 0) is 55.2 Å². The summed E-state index contributed by atoms with van der Waals surface area (Å²) in [6, 6.07) is 13.2. The highest BCUT2D eigenvalue weighted by atomic mass is 16.2. The molecule has 1 aliphatic heterocycles. The number of benzene rings is 1. The lowest BCUT2D eigenvalue weighted by Crippen LogP contribution is -2.52. The fraction of sp³-hybridized carbons (Fsp3) is 0.455. The van der Waals surface area contributed by atoms with Gasteiger partial charge in [0.15, 0.2) is 0 Å². The Labute approximate surface area is 150 Å². The van der Waals surface area contributed by atoms with E-state index in [2.05, 4.69) is 40.2 Å². The molecule has 1 saturated heterocycles. The van der Waals surface area contributed by atoms with Crippen molar-refractivity contribution in [2.24, 2.45) is 5.92 Å². The first-order valence-electron chi connectivity index (χ1n) is 9.51. The molecule has 1 saturated carbocycles. The number of nitrogens with zero attached hydrogens (tertiary/aromatic N) is 2. The topological polar surface area (TPSA) is 33.2 Å². The van der Waals surface area contributed by atoms with Gasteiger partial charge in [-0.25, -0.2) is 0 Å². The predicted octanol–water partition coefficient (Wildman–Crippen LogP) is 4.58. The molecule has 1 aromatic carbocycles. The molecule has 1 aliphatic carbocycles. The van der Waals surface area contributed by atoms with Crippen molar-refractivity contribution in [1.82, 2.24) is 9.88 Å². The van der Waals surface area contributed by atoms with E-state index in [9.17, 15) is 4.79 Å². The summed E-state index contributed by atoms with van der Waals surface area (Å²) in [6.07, 6.45) is 9.49. The van der Waals surface area contributed by atoms with Crippen molar-refractivity contribution in [3.8, 4) is 0 Å². The molecule has 130 valence electrons. The number of carbonyl (C=O) groups is 1. The zero-order valence-corrected chi connectivity index (χ0v) is 14.9. The third kappa shape index (κ3) is 3.20. The maximum absolute atomic E-state index is 13.1. The minimum absolute atomic E-state index is 0.166. The van der Waals surface area contributed by atoms with E-state index in [4.69, 9.17) is 0 Å². The van der Waals surface area contributed by atoms with Crippen LogP contribution in [0.1, 0.15) is 59.5 Å². The number of carbonyl (C=O) groups excluding carboxylic acids is 1. The SMILES string of the molecule is Cc1cncc(C(=O)N2CC[C@H](c3ccccc3)[C@H]3CCCC[C@H]32)c1. The first-order chi connectivity index (χ1) is 12.2. The first-order valence-corrected chi connectivity index (χ1v) is 9.51. The second-order valence-electron chi connectivity index (χ2n) is 7.57. The van der Waals surface area contributed by atoms with E-state index in [-0.39, 0.29) is 5.91 Å². The monoisotopic (exact) mass is 334 g/mol. The van der Waals surface area contributed by atoms with E-state index in [0.717, 1.165) is 30.5 Å². The molecule has 1 aromatic heterocycles. The Morgan fingerprint density at radius 1 is 1.08 bits per heavy atom. The minimum atomic E-state index is 0.166. The third-order valence-corrected chi connectivity index (χ3v) is 5.99. The van der Waals surface area contributed by atoms with Gasteiger partial charge in [0.2, 0.25) is 0 Å². The lowest BCUT2D eigenvalue weighted by atomic mass is 9.69. The van der Waals surface area contributed by atoms with Crippen LogP contribution in [0.4, 0.5) is 0 Å². The molecule has 0 N–H and O–H groups in total. The Morgan fingerprint density at radius 2 is 1.88 bits per heavy atom. The summed E-state index contributed by atoms with van der Waals surface area (Å²) in [7, 11) is 0. The summed E-state index contributed by atoms with van der Waals surface area (Å²) in [5.74, 6) is 1.34. The lowest BCUT2D eigenvalue weighted by Gasteiger charge is -2.48. The largest absolute Gasteiger partial charge is 0.335 e. The third-order valence-electron chi connectivity index (χ3n) is 5.99. The van der Waals surface area contributed by atoms with Crippen molar-refractivity contribution in [2.75, 3.05) is 6.54 Å². The Balaban J connectivity index is 1.60. The van der Waals surface area contributed by atoms with Crippen molar-refractivity contribution in [1.29, 1.82) is 0 Å². The summed E-state index contributed by atoms with van der Waals surface area (Å²) in [5.41, 5.74) is 3.23. The Morgan fingerprint density at radius 3 is 2.68 bits per heavy atom. The van der Waals surface area contributed by atoms with Gasteiger partial charge in [-0.2, -0.15) is 0 Å². The number of aromatic nitrogens is 1. The summed E-state index contributed by atoms with van der Waals surface area (Å²) in [6.45, 7) is 2.85. The second kappa shape index (κ2) is 6.99. The molecule has 0 spiro atoms. The van der Waals surface area contributed by atoms with Crippen LogP contribution in [-0.2, 0) is 0 Å². The van der Waals surface area contributed by atoms with Crippen LogP contribution in [-0.4, -0.2) is 28.4 Å². The molecule has 0 bridgehead atoms. The molecule has 3 atom stereocenters. The van der Waals surface area contributed by atoms with E-state index in [0.29, 0.717) is 17.9 Å². The molecule has 0 unspecified atom stereocenters. The number of amides is 1. The van der Waals surface area contributed by atoms with Crippen molar-refractivity contribution in [3.63, 3.8) is 0 Å². The molecule has 2 aromatic rings. The van der Waals surface area contributed by atoms with Crippen molar-refractivity contribution in [3.05, 3.63) is 65.5 Å². The molecule has 3 heteroatoms. The van der Waals surface area contributed by atoms with Gasteiger partial charge in [0.25, 0.3) is 5.91 Å². The molecule has 2 heterocycles. The number of rotatable bonds is 2. The van der Waals surface area contributed by atoms with Gasteiger partial charge in [-0.15, -0.1) is 0 Å². The molecule has 25 heavy (non-hydrogen) atoms. The maximum Gasteiger partial charge on any atom is 0.255 e. The summed E-state index contributed by atoms with van der Waals surface area (Å²) in [4.78, 5) is 19.5. The maximum atomic E-state index is 13.1. The molecular formula is C22H26N2O. The van der Waals surface area contributed by atoms with E-state index in [1.807, 2.05) is 19.2 Å². The minimum Gasteiger partial charge on any atom is -0.335 e. The van der Waals surface area contributed by atoms with Gasteiger partial charge in [-0.3, -0.25) is 9.78 Å². The van der Waals surface area contributed by atoms with Crippen LogP contribution in [0.25, 0.3) is 0 Å². The summed E-state index contributed by atoms with van der Waals surface area (Å²) in [5, 5.41) is 0. The smallest absolute Gasteiger partial charge is 0.255 e. The van der Waals surface area contributed by atoms with E-state index >= 15 is 0 Å². The first kappa shape index (κ1) is 16.3. The van der Waals surface area contributed by atoms with Crippen LogP contribution < -0.4 is 0 Å². The van der Waals surface area contributed by atoms with E-state index in [1.165, 1.54) is 24.8 Å². The number of hydrogen-bond donors (Lipinski definition) is 0. The van der Waals surface area contributed by atoms with Crippen LogP contribution in [0.2, 0.25) is 0 Å². The van der Waals surface area contributed by atoms with Crippen LogP contribution in [0.15, 0.2) is 48.8 Å². The van der Waals surface area contributed by atoms with Gasteiger partial charge in [0.1, 0.15) is 0 Å². The molecule has 4 rings (SSSR count). The Hall–Kier alpha value is -2.16. The summed E-state index contributed by atoms with van der Waals surface area (Å²) < 4.78 is 0. The highest BCUT2D eigenvalue weighted by molar-refractivity contribution is 5.94. The standard InChI is InChI=1S/C22H26N2O/c1-16-13-18(15-23-14-16)22(25)24-12-11-19(17-7-3-2-4-8-17)20-9-5-6-10-21(20)24/h2-4,7-8,13-15,19-21H,5-6,9-12H2,1H3/t19-,20-,21-/m1/s1. The molecule has 1 amide bonds. The predicted molar refractivity (Wildman–Crippen MR) is 99.6 cm³/mol. The average molecular weight is 334 g/mol. The number of pyridine rings is 1. The molecule has 2 aliphatic rings. The normalized spacial score (nSPS) is 26.1. The fourth-order valence-electron chi connectivity index (χ4n) is 4.86. The van der Waals surface area contributed by atoms with Gasteiger partial charge in [-0.1, -0.05) is 43.2 Å². The Kier molecular flexibility index (Phi) is 4.56. The van der Waals surface area contributed by atoms with Crippen molar-refractivity contribution >= 4 is 5.91 Å². The summed E-state index contributed by atoms with van der Waals surface area (Å²) >= 11 is 0. The zero-order valence-electron chi connectivity index (χ0n) is 14.9. The lowest BCUT2D eigenvalue weighted by molar-refractivity contribution is 0.0319. The number of fused-ring (bicyclic) bond motifs is 1. The zero-order chi connectivity index (χ0) is 17.2. The van der Waals surface area contributed by atoms with Crippen LogP contribution >= 0.6 is 0 Å². The Bertz CT molecular complexity index is 743.